The Morgan fingerprint density at radius 2 is 2.10 bits per heavy atom. The SMILES string of the molecule is COc1ccccc1-c1ccnn1-c1cc(C2CC2)[nH]n1. The molecule has 1 aromatic carbocycles. The van der Waals surface area contributed by atoms with Gasteiger partial charge in [0.25, 0.3) is 0 Å². The van der Waals surface area contributed by atoms with Crippen molar-refractivity contribution in [3.63, 3.8) is 0 Å². The number of ether oxygens (including phenoxy) is 1. The van der Waals surface area contributed by atoms with Crippen LogP contribution in [0.5, 0.6) is 5.75 Å². The molecule has 0 bridgehead atoms. The van der Waals surface area contributed by atoms with Crippen molar-refractivity contribution < 1.29 is 4.74 Å². The predicted molar refractivity (Wildman–Crippen MR) is 79.7 cm³/mol. The largest absolute Gasteiger partial charge is 0.496 e. The van der Waals surface area contributed by atoms with Gasteiger partial charge in [-0.2, -0.15) is 10.2 Å². The van der Waals surface area contributed by atoms with E-state index in [9.17, 15) is 0 Å². The monoisotopic (exact) mass is 280 g/mol. The van der Waals surface area contributed by atoms with E-state index in [1.165, 1.54) is 18.5 Å². The van der Waals surface area contributed by atoms with Gasteiger partial charge in [0.15, 0.2) is 5.82 Å². The molecule has 0 aliphatic heterocycles. The van der Waals surface area contributed by atoms with Crippen LogP contribution in [0.2, 0.25) is 0 Å². The quantitative estimate of drug-likeness (QED) is 0.798. The summed E-state index contributed by atoms with van der Waals surface area (Å²) in [4.78, 5) is 0. The zero-order valence-corrected chi connectivity index (χ0v) is 11.8. The van der Waals surface area contributed by atoms with E-state index in [-0.39, 0.29) is 0 Å². The number of para-hydroxylation sites is 1. The number of benzene rings is 1. The summed E-state index contributed by atoms with van der Waals surface area (Å²) in [5, 5.41) is 11.9. The first-order chi connectivity index (χ1) is 10.4. The van der Waals surface area contributed by atoms with Crippen molar-refractivity contribution in [2.45, 2.75) is 18.8 Å². The number of aromatic nitrogens is 4. The molecule has 1 saturated carbocycles. The zero-order valence-electron chi connectivity index (χ0n) is 11.8. The second-order valence-electron chi connectivity index (χ2n) is 5.28. The van der Waals surface area contributed by atoms with Crippen LogP contribution in [0.4, 0.5) is 0 Å². The van der Waals surface area contributed by atoms with Crippen LogP contribution in [0.1, 0.15) is 24.5 Å². The van der Waals surface area contributed by atoms with Crippen LogP contribution < -0.4 is 4.74 Å². The summed E-state index contributed by atoms with van der Waals surface area (Å²) in [5.74, 6) is 2.30. The molecule has 21 heavy (non-hydrogen) atoms. The highest BCUT2D eigenvalue weighted by Gasteiger charge is 2.26. The first-order valence-electron chi connectivity index (χ1n) is 7.10. The van der Waals surface area contributed by atoms with Crippen LogP contribution in [0.15, 0.2) is 42.6 Å². The van der Waals surface area contributed by atoms with Crippen LogP contribution in [0, 0.1) is 0 Å². The molecule has 0 unspecified atom stereocenters. The van der Waals surface area contributed by atoms with Gasteiger partial charge in [-0.1, -0.05) is 12.1 Å². The maximum absolute atomic E-state index is 5.44. The fraction of sp³-hybridized carbons (Fsp3) is 0.250. The Bertz CT molecular complexity index is 770. The highest BCUT2D eigenvalue weighted by Crippen LogP contribution is 2.39. The van der Waals surface area contributed by atoms with Crippen LogP contribution in [0.25, 0.3) is 17.1 Å². The molecule has 1 aliphatic carbocycles. The van der Waals surface area contributed by atoms with Gasteiger partial charge >= 0.3 is 0 Å². The highest BCUT2D eigenvalue weighted by atomic mass is 16.5. The molecular formula is C16H16N4O. The molecule has 5 heteroatoms. The van der Waals surface area contributed by atoms with Crippen molar-refractivity contribution in [1.29, 1.82) is 0 Å². The van der Waals surface area contributed by atoms with Gasteiger partial charge in [0.05, 0.1) is 19.0 Å². The first-order valence-corrected chi connectivity index (χ1v) is 7.10. The minimum Gasteiger partial charge on any atom is -0.496 e. The first kappa shape index (κ1) is 12.2. The van der Waals surface area contributed by atoms with E-state index in [0.717, 1.165) is 22.8 Å². The van der Waals surface area contributed by atoms with E-state index in [1.807, 2.05) is 35.0 Å². The smallest absolute Gasteiger partial charge is 0.175 e. The molecule has 2 heterocycles. The second kappa shape index (κ2) is 4.77. The van der Waals surface area contributed by atoms with Gasteiger partial charge in [-0.3, -0.25) is 5.10 Å². The third kappa shape index (κ3) is 2.11. The van der Waals surface area contributed by atoms with Crippen LogP contribution in [-0.4, -0.2) is 27.1 Å². The zero-order chi connectivity index (χ0) is 14.2. The number of nitrogens with one attached hydrogen (secondary N) is 1. The van der Waals surface area contributed by atoms with E-state index in [0.29, 0.717) is 5.92 Å². The summed E-state index contributed by atoms with van der Waals surface area (Å²) < 4.78 is 7.29. The third-order valence-electron chi connectivity index (χ3n) is 3.84. The Kier molecular flexibility index (Phi) is 2.77. The van der Waals surface area contributed by atoms with Gasteiger partial charge in [0.1, 0.15) is 5.75 Å². The molecule has 3 aromatic rings. The molecule has 4 rings (SSSR count). The second-order valence-corrected chi connectivity index (χ2v) is 5.28. The molecule has 1 aliphatic rings. The third-order valence-corrected chi connectivity index (χ3v) is 3.84. The number of rotatable bonds is 4. The molecule has 0 atom stereocenters. The summed E-state index contributed by atoms with van der Waals surface area (Å²) in [7, 11) is 1.68. The fourth-order valence-electron chi connectivity index (χ4n) is 2.58. The number of aromatic amines is 1. The summed E-state index contributed by atoms with van der Waals surface area (Å²) in [5.41, 5.74) is 3.18. The summed E-state index contributed by atoms with van der Waals surface area (Å²) in [6.45, 7) is 0. The molecule has 106 valence electrons. The maximum atomic E-state index is 5.44. The Morgan fingerprint density at radius 3 is 2.90 bits per heavy atom. The number of nitrogens with zero attached hydrogens (tertiary/aromatic N) is 3. The van der Waals surface area contributed by atoms with Crippen molar-refractivity contribution in [3.8, 4) is 22.8 Å². The lowest BCUT2D eigenvalue weighted by atomic mass is 10.1. The Labute approximate surface area is 122 Å². The Balaban J connectivity index is 1.78. The molecule has 0 radical (unpaired) electrons. The number of hydrogen-bond donors (Lipinski definition) is 1. The summed E-state index contributed by atoms with van der Waals surface area (Å²) in [6.07, 6.45) is 4.29. The average Bonchev–Trinajstić information content (AvgIpc) is 3.07. The van der Waals surface area contributed by atoms with Crippen molar-refractivity contribution in [3.05, 3.63) is 48.3 Å². The van der Waals surface area contributed by atoms with Crippen molar-refractivity contribution in [2.75, 3.05) is 7.11 Å². The van der Waals surface area contributed by atoms with Crippen LogP contribution in [-0.2, 0) is 0 Å². The molecule has 0 amide bonds. The van der Waals surface area contributed by atoms with Crippen molar-refractivity contribution in [2.24, 2.45) is 0 Å². The lowest BCUT2D eigenvalue weighted by molar-refractivity contribution is 0.416. The van der Waals surface area contributed by atoms with Gasteiger partial charge in [-0.25, -0.2) is 4.68 Å². The van der Waals surface area contributed by atoms with E-state index in [1.54, 1.807) is 13.3 Å². The van der Waals surface area contributed by atoms with E-state index in [4.69, 9.17) is 4.74 Å². The molecular weight excluding hydrogens is 264 g/mol. The standard InChI is InChI=1S/C16H16N4O/c1-21-15-5-3-2-4-12(15)14-8-9-17-20(14)16-10-13(18-19-16)11-6-7-11/h2-5,8-11H,6-7H2,1H3,(H,18,19). The normalized spacial score (nSPS) is 14.3. The van der Waals surface area contributed by atoms with Crippen LogP contribution in [0.3, 0.4) is 0 Å². The van der Waals surface area contributed by atoms with Gasteiger partial charge in [-0.05, 0) is 31.0 Å². The number of H-pyrrole nitrogens is 1. The molecule has 5 nitrogen and oxygen atoms in total. The van der Waals surface area contributed by atoms with Gasteiger partial charge in [0.2, 0.25) is 0 Å². The van der Waals surface area contributed by atoms with Crippen LogP contribution >= 0.6 is 0 Å². The van der Waals surface area contributed by atoms with E-state index in [2.05, 4.69) is 21.4 Å². The van der Waals surface area contributed by atoms with E-state index < -0.39 is 0 Å². The number of hydrogen-bond acceptors (Lipinski definition) is 3. The van der Waals surface area contributed by atoms with Gasteiger partial charge in [0, 0.05) is 23.2 Å². The molecule has 0 spiro atoms. The Morgan fingerprint density at radius 1 is 1.24 bits per heavy atom. The highest BCUT2D eigenvalue weighted by molar-refractivity contribution is 5.68. The molecule has 0 saturated heterocycles. The van der Waals surface area contributed by atoms with Gasteiger partial charge in [-0.15, -0.1) is 0 Å². The maximum Gasteiger partial charge on any atom is 0.175 e. The van der Waals surface area contributed by atoms with Gasteiger partial charge < -0.3 is 4.74 Å². The van der Waals surface area contributed by atoms with Crippen molar-refractivity contribution in [1.82, 2.24) is 20.0 Å². The summed E-state index contributed by atoms with van der Waals surface area (Å²) in [6, 6.07) is 12.0. The predicted octanol–water partition coefficient (Wildman–Crippen LogP) is 3.15. The van der Waals surface area contributed by atoms with Crippen molar-refractivity contribution >= 4 is 0 Å². The molecule has 1 fully saturated rings. The minimum absolute atomic E-state index is 0.650. The molecule has 1 N–H and O–H groups in total. The summed E-state index contributed by atoms with van der Waals surface area (Å²) >= 11 is 0. The fourth-order valence-corrected chi connectivity index (χ4v) is 2.58. The molecule has 2 aromatic heterocycles. The average molecular weight is 280 g/mol. The van der Waals surface area contributed by atoms with E-state index >= 15 is 0 Å². The lowest BCUT2D eigenvalue weighted by Crippen LogP contribution is -2.00. The number of methoxy groups -OCH3 is 1. The topological polar surface area (TPSA) is 55.7 Å². The minimum atomic E-state index is 0.650. The lowest BCUT2D eigenvalue weighted by Gasteiger charge is -2.09. The Hall–Kier alpha value is -2.56.